The van der Waals surface area contributed by atoms with Crippen molar-refractivity contribution in [1.82, 2.24) is 4.98 Å². The number of carbonyl (C=O) groups is 1. The Morgan fingerprint density at radius 3 is 2.74 bits per heavy atom. The second kappa shape index (κ2) is 5.24. The number of ketones is 1. The third kappa shape index (κ3) is 2.37. The predicted octanol–water partition coefficient (Wildman–Crippen LogP) is 3.03. The van der Waals surface area contributed by atoms with Gasteiger partial charge in [-0.2, -0.15) is 0 Å². The van der Waals surface area contributed by atoms with Gasteiger partial charge in [-0.1, -0.05) is 18.2 Å². The monoisotopic (exact) mass is 273 g/mol. The summed E-state index contributed by atoms with van der Waals surface area (Å²) in [5.74, 6) is -0.0287. The quantitative estimate of drug-likeness (QED) is 0.813. The van der Waals surface area contributed by atoms with Crippen molar-refractivity contribution >= 4 is 24.3 Å². The maximum atomic E-state index is 12.2. The highest BCUT2D eigenvalue weighted by Gasteiger charge is 2.27. The van der Waals surface area contributed by atoms with E-state index in [1.807, 2.05) is 24.3 Å². The fourth-order valence-corrected chi connectivity index (χ4v) is 2.22. The minimum Gasteiger partial charge on any atom is -0.507 e. The number of phenolic OH excluding ortho intramolecular Hbond substituents is 1. The van der Waals surface area contributed by atoms with E-state index in [1.165, 1.54) is 0 Å². The molecular weight excluding hydrogens is 262 g/mol. The van der Waals surface area contributed by atoms with Crippen LogP contribution in [0.15, 0.2) is 48.3 Å². The van der Waals surface area contributed by atoms with Gasteiger partial charge in [0, 0.05) is 24.4 Å². The molecule has 0 bridgehead atoms. The highest BCUT2D eigenvalue weighted by Crippen LogP contribution is 2.33. The Labute approximate surface area is 117 Å². The maximum Gasteiger partial charge on any atom is 0.193 e. The summed E-state index contributed by atoms with van der Waals surface area (Å²) in [6.07, 6.45) is 5.80. The van der Waals surface area contributed by atoms with E-state index in [9.17, 15) is 9.90 Å². The first-order valence-corrected chi connectivity index (χ1v) is 5.72. The molecule has 0 saturated heterocycles. The number of phenols is 1. The lowest BCUT2D eigenvalue weighted by atomic mass is 10.1. The molecular formula is C15H12ClNO2. The van der Waals surface area contributed by atoms with Gasteiger partial charge in [0.1, 0.15) is 5.75 Å². The zero-order chi connectivity index (χ0) is 12.5. The van der Waals surface area contributed by atoms with Crippen molar-refractivity contribution in [2.75, 3.05) is 0 Å². The summed E-state index contributed by atoms with van der Waals surface area (Å²) < 4.78 is 0. The molecule has 1 aliphatic rings. The largest absolute Gasteiger partial charge is 0.507 e. The summed E-state index contributed by atoms with van der Waals surface area (Å²) in [5, 5.41) is 9.73. The molecule has 4 heteroatoms. The number of pyridine rings is 1. The van der Waals surface area contributed by atoms with Gasteiger partial charge in [0.05, 0.1) is 5.56 Å². The van der Waals surface area contributed by atoms with Gasteiger partial charge in [-0.05, 0) is 29.3 Å². The van der Waals surface area contributed by atoms with Crippen molar-refractivity contribution in [3.8, 4) is 5.75 Å². The van der Waals surface area contributed by atoms with E-state index in [1.54, 1.807) is 24.5 Å². The third-order valence-electron chi connectivity index (χ3n) is 3.05. The van der Waals surface area contributed by atoms with Crippen LogP contribution in [0.25, 0.3) is 6.08 Å². The average Bonchev–Trinajstić information content (AvgIpc) is 2.69. The molecule has 3 nitrogen and oxygen atoms in total. The maximum absolute atomic E-state index is 12.2. The Morgan fingerprint density at radius 1 is 1.21 bits per heavy atom. The van der Waals surface area contributed by atoms with E-state index in [0.29, 0.717) is 17.6 Å². The van der Waals surface area contributed by atoms with Crippen LogP contribution in [-0.2, 0) is 6.42 Å². The van der Waals surface area contributed by atoms with Gasteiger partial charge in [0.25, 0.3) is 0 Å². The number of carbonyl (C=O) groups excluding carboxylic acids is 1. The number of fused-ring (bicyclic) bond motifs is 1. The number of rotatable bonds is 1. The van der Waals surface area contributed by atoms with Crippen LogP contribution in [0.1, 0.15) is 21.5 Å². The Bertz CT molecular complexity index is 650. The van der Waals surface area contributed by atoms with E-state index in [0.717, 1.165) is 11.1 Å². The molecule has 0 saturated carbocycles. The van der Waals surface area contributed by atoms with Crippen LogP contribution >= 0.6 is 12.4 Å². The lowest BCUT2D eigenvalue weighted by Crippen LogP contribution is -1.95. The lowest BCUT2D eigenvalue weighted by Gasteiger charge is -1.98. The zero-order valence-corrected chi connectivity index (χ0v) is 10.9. The first kappa shape index (κ1) is 13.3. The number of aromatic nitrogens is 1. The molecule has 1 heterocycles. The molecule has 0 fully saturated rings. The molecule has 1 N–H and O–H groups in total. The normalized spacial score (nSPS) is 15.2. The number of nitrogens with zero attached hydrogens (tertiary/aromatic N) is 1. The molecule has 1 aromatic heterocycles. The van der Waals surface area contributed by atoms with Crippen molar-refractivity contribution in [3.05, 3.63) is 65.0 Å². The first-order chi connectivity index (χ1) is 8.75. The van der Waals surface area contributed by atoms with E-state index in [4.69, 9.17) is 0 Å². The molecule has 0 atom stereocenters. The lowest BCUT2D eigenvalue weighted by molar-refractivity contribution is 0.103. The fourth-order valence-electron chi connectivity index (χ4n) is 2.22. The van der Waals surface area contributed by atoms with Gasteiger partial charge in [0.15, 0.2) is 5.78 Å². The van der Waals surface area contributed by atoms with Crippen molar-refractivity contribution < 1.29 is 9.90 Å². The van der Waals surface area contributed by atoms with E-state index >= 15 is 0 Å². The molecule has 1 aliphatic carbocycles. The number of Topliss-reactive ketones (excluding diaryl/α,β-unsaturated/α-hetero) is 1. The molecule has 2 aromatic rings. The summed E-state index contributed by atoms with van der Waals surface area (Å²) in [6.45, 7) is 0. The summed E-state index contributed by atoms with van der Waals surface area (Å²) in [5.41, 5.74) is 2.91. The molecule has 96 valence electrons. The number of halogens is 1. The van der Waals surface area contributed by atoms with Gasteiger partial charge in [-0.15, -0.1) is 12.4 Å². The summed E-state index contributed by atoms with van der Waals surface area (Å²) in [4.78, 5) is 16.2. The molecule has 0 amide bonds. The molecule has 1 aromatic carbocycles. The van der Waals surface area contributed by atoms with Crippen LogP contribution < -0.4 is 0 Å². The summed E-state index contributed by atoms with van der Waals surface area (Å²) in [6, 6.07) is 8.90. The van der Waals surface area contributed by atoms with Gasteiger partial charge >= 0.3 is 0 Å². The third-order valence-corrected chi connectivity index (χ3v) is 3.05. The standard InChI is InChI=1S/C15H11NO2.ClH/c17-13-5-1-4-11-8-12(15(18)14(11)13)7-10-3-2-6-16-9-10;/h1-7,9,17H,8H2;1H/b12-7+;. The molecule has 19 heavy (non-hydrogen) atoms. The fraction of sp³-hybridized carbons (Fsp3) is 0.0667. The van der Waals surface area contributed by atoms with Crippen molar-refractivity contribution in [3.63, 3.8) is 0 Å². The molecule has 0 radical (unpaired) electrons. The number of hydrogen-bond acceptors (Lipinski definition) is 3. The van der Waals surface area contributed by atoms with Crippen molar-refractivity contribution in [2.45, 2.75) is 6.42 Å². The topological polar surface area (TPSA) is 50.2 Å². The molecule has 0 unspecified atom stereocenters. The smallest absolute Gasteiger partial charge is 0.193 e. The number of aromatic hydroxyl groups is 1. The minimum absolute atomic E-state index is 0. The second-order valence-electron chi connectivity index (χ2n) is 4.27. The van der Waals surface area contributed by atoms with Crippen LogP contribution in [-0.4, -0.2) is 15.9 Å². The van der Waals surface area contributed by atoms with Gasteiger partial charge in [-0.25, -0.2) is 0 Å². The summed E-state index contributed by atoms with van der Waals surface area (Å²) >= 11 is 0. The first-order valence-electron chi connectivity index (χ1n) is 5.72. The Kier molecular flexibility index (Phi) is 3.67. The number of hydrogen-bond donors (Lipinski definition) is 1. The molecule has 0 spiro atoms. The average molecular weight is 274 g/mol. The van der Waals surface area contributed by atoms with Gasteiger partial charge in [-0.3, -0.25) is 9.78 Å². The van der Waals surface area contributed by atoms with E-state index in [2.05, 4.69) is 4.98 Å². The summed E-state index contributed by atoms with van der Waals surface area (Å²) in [7, 11) is 0. The predicted molar refractivity (Wildman–Crippen MR) is 75.6 cm³/mol. The zero-order valence-electron chi connectivity index (χ0n) is 10.0. The molecule has 0 aliphatic heterocycles. The number of benzene rings is 1. The Morgan fingerprint density at radius 2 is 2.05 bits per heavy atom. The van der Waals surface area contributed by atoms with Crippen LogP contribution in [0.4, 0.5) is 0 Å². The van der Waals surface area contributed by atoms with E-state index in [-0.39, 0.29) is 23.9 Å². The van der Waals surface area contributed by atoms with Crippen molar-refractivity contribution in [2.24, 2.45) is 0 Å². The highest BCUT2D eigenvalue weighted by molar-refractivity contribution is 6.17. The van der Waals surface area contributed by atoms with Gasteiger partial charge in [0.2, 0.25) is 0 Å². The van der Waals surface area contributed by atoms with Crippen LogP contribution in [0.3, 0.4) is 0 Å². The van der Waals surface area contributed by atoms with Crippen molar-refractivity contribution in [1.29, 1.82) is 0 Å². The Balaban J connectivity index is 0.00000133. The van der Waals surface area contributed by atoms with Gasteiger partial charge < -0.3 is 5.11 Å². The number of allylic oxidation sites excluding steroid dienone is 1. The molecule has 3 rings (SSSR count). The van der Waals surface area contributed by atoms with E-state index < -0.39 is 0 Å². The van der Waals surface area contributed by atoms with Crippen LogP contribution in [0.2, 0.25) is 0 Å². The Hall–Kier alpha value is -2.13. The highest BCUT2D eigenvalue weighted by atomic mass is 35.5. The SMILES string of the molecule is Cl.O=C1/C(=C/c2cccnc2)Cc2cccc(O)c21. The minimum atomic E-state index is -0.0908. The van der Waals surface area contributed by atoms with Crippen LogP contribution in [0, 0.1) is 0 Å². The van der Waals surface area contributed by atoms with Crippen LogP contribution in [0.5, 0.6) is 5.75 Å². The second-order valence-corrected chi connectivity index (χ2v) is 4.27.